The van der Waals surface area contributed by atoms with Crippen LogP contribution in [-0.4, -0.2) is 40.2 Å². The van der Waals surface area contributed by atoms with E-state index in [1.54, 1.807) is 0 Å². The number of nitrogens with zero attached hydrogens (tertiary/aromatic N) is 3. The van der Waals surface area contributed by atoms with Crippen LogP contribution < -0.4 is 4.74 Å². The van der Waals surface area contributed by atoms with Gasteiger partial charge < -0.3 is 9.64 Å². The van der Waals surface area contributed by atoms with Gasteiger partial charge in [-0.3, -0.25) is 4.79 Å². The summed E-state index contributed by atoms with van der Waals surface area (Å²) in [4.78, 5) is 14.2. The lowest BCUT2D eigenvalue weighted by Crippen LogP contribution is -2.44. The normalized spacial score (nSPS) is 18.5. The van der Waals surface area contributed by atoms with Crippen molar-refractivity contribution in [2.24, 2.45) is 0 Å². The van der Waals surface area contributed by atoms with Gasteiger partial charge in [0.2, 0.25) is 5.88 Å². The first-order valence-electron chi connectivity index (χ1n) is 7.01. The SMILES string of the molecule is Cc1ccc(O[C@@H]2CCCN(C(=O)c3ccsc3)C2)nn1. The quantitative estimate of drug-likeness (QED) is 0.874. The van der Waals surface area contributed by atoms with Gasteiger partial charge in [-0.05, 0) is 37.3 Å². The van der Waals surface area contributed by atoms with Crippen molar-refractivity contribution in [2.45, 2.75) is 25.9 Å². The molecule has 1 atom stereocenters. The van der Waals surface area contributed by atoms with Gasteiger partial charge in [0.05, 0.1) is 17.8 Å². The summed E-state index contributed by atoms with van der Waals surface area (Å²) >= 11 is 1.54. The lowest BCUT2D eigenvalue weighted by atomic mass is 10.1. The molecule has 0 aliphatic carbocycles. The molecule has 0 unspecified atom stereocenters. The maximum atomic E-state index is 12.4. The molecule has 1 fully saturated rings. The van der Waals surface area contributed by atoms with Gasteiger partial charge in [0.1, 0.15) is 6.10 Å². The summed E-state index contributed by atoms with van der Waals surface area (Å²) in [6, 6.07) is 5.56. The van der Waals surface area contributed by atoms with Crippen LogP contribution in [0.3, 0.4) is 0 Å². The second-order valence-electron chi connectivity index (χ2n) is 5.16. The van der Waals surface area contributed by atoms with Gasteiger partial charge in [0.25, 0.3) is 5.91 Å². The topological polar surface area (TPSA) is 55.3 Å². The predicted octanol–water partition coefficient (Wildman–Crippen LogP) is 2.53. The van der Waals surface area contributed by atoms with Crippen molar-refractivity contribution < 1.29 is 9.53 Å². The number of thiophene rings is 1. The molecule has 5 nitrogen and oxygen atoms in total. The summed E-state index contributed by atoms with van der Waals surface area (Å²) in [6.07, 6.45) is 1.86. The van der Waals surface area contributed by atoms with E-state index in [-0.39, 0.29) is 12.0 Å². The zero-order valence-corrected chi connectivity index (χ0v) is 12.7. The van der Waals surface area contributed by atoms with E-state index in [9.17, 15) is 4.79 Å². The van der Waals surface area contributed by atoms with Crippen LogP contribution in [0, 0.1) is 6.92 Å². The van der Waals surface area contributed by atoms with Crippen LogP contribution in [0.4, 0.5) is 0 Å². The van der Waals surface area contributed by atoms with Gasteiger partial charge in [0.15, 0.2) is 0 Å². The number of rotatable bonds is 3. The number of amides is 1. The standard InChI is InChI=1S/C15H17N3O2S/c1-11-4-5-14(17-16-11)20-13-3-2-7-18(9-13)15(19)12-6-8-21-10-12/h4-6,8,10,13H,2-3,7,9H2,1H3/t13-/m1/s1. The highest BCUT2D eigenvalue weighted by Gasteiger charge is 2.26. The summed E-state index contributed by atoms with van der Waals surface area (Å²) in [6.45, 7) is 3.27. The largest absolute Gasteiger partial charge is 0.471 e. The van der Waals surface area contributed by atoms with Crippen molar-refractivity contribution >= 4 is 17.2 Å². The summed E-state index contributed by atoms with van der Waals surface area (Å²) in [7, 11) is 0. The van der Waals surface area contributed by atoms with Crippen LogP contribution in [0.5, 0.6) is 5.88 Å². The molecule has 0 bridgehead atoms. The average molecular weight is 303 g/mol. The third kappa shape index (κ3) is 3.39. The second-order valence-corrected chi connectivity index (χ2v) is 5.94. The Bertz CT molecular complexity index is 598. The molecule has 0 saturated carbocycles. The van der Waals surface area contributed by atoms with E-state index in [0.717, 1.165) is 30.6 Å². The van der Waals surface area contributed by atoms with Gasteiger partial charge in [-0.25, -0.2) is 0 Å². The smallest absolute Gasteiger partial charge is 0.254 e. The van der Waals surface area contributed by atoms with Crippen LogP contribution in [-0.2, 0) is 0 Å². The molecular weight excluding hydrogens is 286 g/mol. The van der Waals surface area contributed by atoms with E-state index in [0.29, 0.717) is 12.4 Å². The number of aromatic nitrogens is 2. The number of hydrogen-bond donors (Lipinski definition) is 0. The van der Waals surface area contributed by atoms with Crippen molar-refractivity contribution in [3.05, 3.63) is 40.2 Å². The minimum atomic E-state index is -0.0154. The Kier molecular flexibility index (Phi) is 4.15. The Morgan fingerprint density at radius 2 is 2.29 bits per heavy atom. The van der Waals surface area contributed by atoms with Crippen LogP contribution in [0.15, 0.2) is 29.0 Å². The molecule has 3 heterocycles. The molecule has 2 aromatic rings. The predicted molar refractivity (Wildman–Crippen MR) is 80.6 cm³/mol. The zero-order valence-electron chi connectivity index (χ0n) is 11.9. The van der Waals surface area contributed by atoms with E-state index < -0.39 is 0 Å². The fourth-order valence-corrected chi connectivity index (χ4v) is 3.04. The van der Waals surface area contributed by atoms with Crippen LogP contribution >= 0.6 is 11.3 Å². The van der Waals surface area contributed by atoms with Gasteiger partial charge in [-0.15, -0.1) is 5.10 Å². The molecule has 0 radical (unpaired) electrons. The molecule has 0 aromatic carbocycles. The highest BCUT2D eigenvalue weighted by atomic mass is 32.1. The highest BCUT2D eigenvalue weighted by Crippen LogP contribution is 2.19. The minimum absolute atomic E-state index is 0.0154. The third-order valence-corrected chi connectivity index (χ3v) is 4.18. The van der Waals surface area contributed by atoms with E-state index in [1.165, 1.54) is 11.3 Å². The fourth-order valence-electron chi connectivity index (χ4n) is 2.41. The molecule has 0 N–H and O–H groups in total. The first-order chi connectivity index (χ1) is 10.2. The first kappa shape index (κ1) is 14.0. The molecule has 0 spiro atoms. The Morgan fingerprint density at radius 3 is 3.00 bits per heavy atom. The Hall–Kier alpha value is -1.95. The van der Waals surface area contributed by atoms with Crippen LogP contribution in [0.2, 0.25) is 0 Å². The Morgan fingerprint density at radius 1 is 1.38 bits per heavy atom. The van der Waals surface area contributed by atoms with Gasteiger partial charge in [0, 0.05) is 18.0 Å². The molecule has 6 heteroatoms. The number of carbonyl (C=O) groups is 1. The fraction of sp³-hybridized carbons (Fsp3) is 0.400. The molecule has 3 rings (SSSR count). The molecule has 1 amide bonds. The molecule has 1 saturated heterocycles. The van der Waals surface area contributed by atoms with Gasteiger partial charge in [-0.2, -0.15) is 16.4 Å². The van der Waals surface area contributed by atoms with Crippen molar-refractivity contribution in [3.63, 3.8) is 0 Å². The molecule has 1 aliphatic heterocycles. The van der Waals surface area contributed by atoms with Crippen molar-refractivity contribution in [1.82, 2.24) is 15.1 Å². The highest BCUT2D eigenvalue weighted by molar-refractivity contribution is 7.08. The van der Waals surface area contributed by atoms with E-state index in [2.05, 4.69) is 10.2 Å². The molecule has 2 aromatic heterocycles. The van der Waals surface area contributed by atoms with Crippen molar-refractivity contribution in [2.75, 3.05) is 13.1 Å². The lowest BCUT2D eigenvalue weighted by molar-refractivity contribution is 0.0526. The maximum Gasteiger partial charge on any atom is 0.254 e. The molecule has 21 heavy (non-hydrogen) atoms. The summed E-state index contributed by atoms with van der Waals surface area (Å²) in [5, 5.41) is 11.8. The molecule has 110 valence electrons. The van der Waals surface area contributed by atoms with Crippen LogP contribution in [0.25, 0.3) is 0 Å². The molecule has 1 aliphatic rings. The Balaban J connectivity index is 1.63. The van der Waals surface area contributed by atoms with Crippen LogP contribution in [0.1, 0.15) is 28.9 Å². The van der Waals surface area contributed by atoms with Gasteiger partial charge in [-0.1, -0.05) is 0 Å². The number of piperidine rings is 1. The molecular formula is C15H17N3O2S. The minimum Gasteiger partial charge on any atom is -0.471 e. The van der Waals surface area contributed by atoms with Crippen molar-refractivity contribution in [1.29, 1.82) is 0 Å². The number of ether oxygens (including phenoxy) is 1. The van der Waals surface area contributed by atoms with Crippen molar-refractivity contribution in [3.8, 4) is 5.88 Å². The van der Waals surface area contributed by atoms with E-state index in [4.69, 9.17) is 4.74 Å². The Labute approximate surface area is 127 Å². The third-order valence-electron chi connectivity index (χ3n) is 3.49. The monoisotopic (exact) mass is 303 g/mol. The zero-order chi connectivity index (χ0) is 14.7. The maximum absolute atomic E-state index is 12.4. The number of hydrogen-bond acceptors (Lipinski definition) is 5. The van der Waals surface area contributed by atoms with E-state index in [1.807, 2.05) is 40.8 Å². The number of aryl methyl sites for hydroxylation is 1. The van der Waals surface area contributed by atoms with E-state index >= 15 is 0 Å². The summed E-state index contributed by atoms with van der Waals surface area (Å²) < 4.78 is 5.84. The first-order valence-corrected chi connectivity index (χ1v) is 7.95. The summed E-state index contributed by atoms with van der Waals surface area (Å²) in [5.74, 6) is 0.606. The number of likely N-dealkylation sites (tertiary alicyclic amines) is 1. The average Bonchev–Trinajstić information content (AvgIpc) is 3.03. The van der Waals surface area contributed by atoms with Gasteiger partial charge >= 0.3 is 0 Å². The lowest BCUT2D eigenvalue weighted by Gasteiger charge is -2.32. The summed E-state index contributed by atoms with van der Waals surface area (Å²) in [5.41, 5.74) is 1.62. The number of carbonyl (C=O) groups excluding carboxylic acids is 1. The second kappa shape index (κ2) is 6.22.